The van der Waals surface area contributed by atoms with Gasteiger partial charge in [-0.25, -0.2) is 14.5 Å². The van der Waals surface area contributed by atoms with Gasteiger partial charge in [0.25, 0.3) is 0 Å². The lowest BCUT2D eigenvalue weighted by Gasteiger charge is -2.16. The molecule has 0 radical (unpaired) electrons. The van der Waals surface area contributed by atoms with E-state index in [-0.39, 0.29) is 5.41 Å². The number of hydrogen-bond acceptors (Lipinski definition) is 2. The molecule has 0 N–H and O–H groups in total. The Hall–Kier alpha value is -3.07. The lowest BCUT2D eigenvalue weighted by molar-refractivity contribution is -0.659. The Kier molecular flexibility index (Phi) is 5.38. The molecule has 3 nitrogen and oxygen atoms in total. The Balaban J connectivity index is 1.86. The van der Waals surface area contributed by atoms with Crippen LogP contribution in [0.15, 0.2) is 55.0 Å². The fraction of sp³-hybridized carbons (Fsp3) is 0.321. The molecule has 0 unspecified atom stereocenters. The molecule has 0 saturated carbocycles. The van der Waals surface area contributed by atoms with Gasteiger partial charge in [-0.3, -0.25) is 0 Å². The summed E-state index contributed by atoms with van der Waals surface area (Å²) in [6.07, 6.45) is 7.03. The summed E-state index contributed by atoms with van der Waals surface area (Å²) in [5.74, 6) is 0.898. The molecule has 0 aliphatic heterocycles. The van der Waals surface area contributed by atoms with Crippen molar-refractivity contribution in [2.24, 2.45) is 12.5 Å². The first-order valence-electron chi connectivity index (χ1n) is 10.9. The van der Waals surface area contributed by atoms with Gasteiger partial charge in [-0.15, -0.1) is 0 Å². The molecule has 0 bridgehead atoms. The van der Waals surface area contributed by atoms with Gasteiger partial charge in [0.2, 0.25) is 5.69 Å². The van der Waals surface area contributed by atoms with Gasteiger partial charge in [-0.1, -0.05) is 44.5 Å². The molecule has 2 aromatic heterocycles. The number of hydrogen-bond donors (Lipinski definition) is 0. The monoisotopic (exact) mass is 410 g/mol. The zero-order valence-electron chi connectivity index (χ0n) is 19.7. The summed E-state index contributed by atoms with van der Waals surface area (Å²) in [5.41, 5.74) is 8.84. The largest absolute Gasteiger partial charge is 0.241 e. The Morgan fingerprint density at radius 1 is 0.903 bits per heavy atom. The van der Waals surface area contributed by atoms with E-state index in [2.05, 4.69) is 106 Å². The number of fused-ring (bicyclic) bond motifs is 1. The van der Waals surface area contributed by atoms with E-state index in [9.17, 15) is 0 Å². The van der Waals surface area contributed by atoms with Crippen molar-refractivity contribution in [2.45, 2.75) is 48.0 Å². The molecule has 0 amide bonds. The summed E-state index contributed by atoms with van der Waals surface area (Å²) in [6, 6.07) is 13.3. The second-order valence-electron chi connectivity index (χ2n) is 9.96. The van der Waals surface area contributed by atoms with Gasteiger partial charge >= 0.3 is 0 Å². The molecule has 3 heteroatoms. The van der Waals surface area contributed by atoms with Gasteiger partial charge in [0.15, 0.2) is 6.20 Å². The highest BCUT2D eigenvalue weighted by Gasteiger charge is 2.18. The van der Waals surface area contributed by atoms with Crippen LogP contribution >= 0.6 is 0 Å². The minimum atomic E-state index is 0.175. The normalized spacial score (nSPS) is 11.8. The van der Waals surface area contributed by atoms with Gasteiger partial charge in [0.05, 0.1) is 0 Å². The van der Waals surface area contributed by atoms with E-state index in [4.69, 9.17) is 0 Å². The predicted molar refractivity (Wildman–Crippen MR) is 129 cm³/mol. The first-order chi connectivity index (χ1) is 14.6. The number of aryl methyl sites for hydroxylation is 3. The number of benzene rings is 2. The van der Waals surface area contributed by atoms with Gasteiger partial charge in [-0.05, 0) is 55.0 Å². The first kappa shape index (κ1) is 21.2. The lowest BCUT2D eigenvalue weighted by Crippen LogP contribution is -2.30. The Morgan fingerprint density at radius 2 is 1.61 bits per heavy atom. The van der Waals surface area contributed by atoms with Crippen LogP contribution in [0, 0.1) is 26.2 Å². The molecule has 4 rings (SSSR count). The summed E-state index contributed by atoms with van der Waals surface area (Å²) in [6.45, 7) is 13.2. The third-order valence-corrected chi connectivity index (χ3v) is 5.93. The van der Waals surface area contributed by atoms with Crippen LogP contribution in [0.1, 0.15) is 43.3 Å². The molecule has 0 spiro atoms. The van der Waals surface area contributed by atoms with Crippen LogP contribution < -0.4 is 4.57 Å². The molecule has 158 valence electrons. The Bertz CT molecular complexity index is 1260. The molecule has 31 heavy (non-hydrogen) atoms. The molecule has 0 saturated heterocycles. The summed E-state index contributed by atoms with van der Waals surface area (Å²) in [7, 11) is 2.13. The van der Waals surface area contributed by atoms with Crippen LogP contribution in [0.3, 0.4) is 0 Å². The van der Waals surface area contributed by atoms with Crippen LogP contribution in [-0.4, -0.2) is 9.97 Å². The van der Waals surface area contributed by atoms with Crippen molar-refractivity contribution in [3.05, 3.63) is 77.5 Å². The Morgan fingerprint density at radius 3 is 2.29 bits per heavy atom. The molecule has 0 fully saturated rings. The average molecular weight is 411 g/mol. The fourth-order valence-electron chi connectivity index (χ4n) is 4.26. The molecule has 4 aromatic rings. The molecular formula is C28H32N3+. The maximum absolute atomic E-state index is 4.67. The third kappa shape index (κ3) is 4.36. The summed E-state index contributed by atoms with van der Waals surface area (Å²) in [5, 5.41) is 2.44. The minimum Gasteiger partial charge on any atom is -0.241 e. The highest BCUT2D eigenvalue weighted by Crippen LogP contribution is 2.32. The van der Waals surface area contributed by atoms with Gasteiger partial charge in [-0.2, -0.15) is 0 Å². The summed E-state index contributed by atoms with van der Waals surface area (Å²) < 4.78 is 2.23. The smallest absolute Gasteiger partial charge is 0.213 e. The molecule has 0 aliphatic rings. The van der Waals surface area contributed by atoms with Crippen LogP contribution in [0.2, 0.25) is 0 Å². The van der Waals surface area contributed by atoms with Crippen molar-refractivity contribution in [3.63, 3.8) is 0 Å². The van der Waals surface area contributed by atoms with E-state index < -0.39 is 0 Å². The SMILES string of the molecule is Cc1cc(C)c(C)c(-c2cc3c(-c4cnc(CC(C)(C)C)nc4)cccc3c[n+]2C)c1. The zero-order valence-corrected chi connectivity index (χ0v) is 19.7. The topological polar surface area (TPSA) is 29.7 Å². The average Bonchev–Trinajstić information content (AvgIpc) is 2.69. The fourth-order valence-corrected chi connectivity index (χ4v) is 4.26. The second kappa shape index (κ2) is 7.88. The molecular weight excluding hydrogens is 378 g/mol. The number of nitrogens with zero attached hydrogens (tertiary/aromatic N) is 3. The zero-order chi connectivity index (χ0) is 22.3. The Labute approximate surface area is 185 Å². The van der Waals surface area contributed by atoms with Crippen LogP contribution in [-0.2, 0) is 13.5 Å². The molecule has 2 heterocycles. The molecule has 0 atom stereocenters. The highest BCUT2D eigenvalue weighted by atomic mass is 14.9. The van der Waals surface area contributed by atoms with E-state index in [1.807, 2.05) is 12.4 Å². The van der Waals surface area contributed by atoms with E-state index in [0.717, 1.165) is 17.8 Å². The predicted octanol–water partition coefficient (Wildman–Crippen LogP) is 6.30. The maximum Gasteiger partial charge on any atom is 0.213 e. The van der Waals surface area contributed by atoms with Crippen molar-refractivity contribution in [2.75, 3.05) is 0 Å². The van der Waals surface area contributed by atoms with Crippen molar-refractivity contribution < 1.29 is 4.57 Å². The molecule has 2 aromatic carbocycles. The lowest BCUT2D eigenvalue weighted by atomic mass is 9.92. The van der Waals surface area contributed by atoms with Crippen LogP contribution in [0.5, 0.6) is 0 Å². The first-order valence-corrected chi connectivity index (χ1v) is 10.9. The van der Waals surface area contributed by atoms with Crippen LogP contribution in [0.25, 0.3) is 33.2 Å². The number of aromatic nitrogens is 3. The minimum absolute atomic E-state index is 0.175. The van der Waals surface area contributed by atoms with E-state index in [1.54, 1.807) is 0 Å². The third-order valence-electron chi connectivity index (χ3n) is 5.93. The quantitative estimate of drug-likeness (QED) is 0.371. The van der Waals surface area contributed by atoms with Crippen molar-refractivity contribution in [3.8, 4) is 22.4 Å². The van der Waals surface area contributed by atoms with Crippen molar-refractivity contribution >= 4 is 10.8 Å². The standard InChI is InChI=1S/C28H32N3/c1-18-11-19(2)20(3)24(12-18)26-13-25-21(17-31(26)7)9-8-10-23(25)22-15-29-27(30-16-22)14-28(4,5)6/h8-13,15-17H,14H2,1-7H3/q+1. The molecule has 0 aliphatic carbocycles. The van der Waals surface area contributed by atoms with Crippen molar-refractivity contribution in [1.82, 2.24) is 9.97 Å². The highest BCUT2D eigenvalue weighted by molar-refractivity contribution is 5.97. The van der Waals surface area contributed by atoms with Crippen molar-refractivity contribution in [1.29, 1.82) is 0 Å². The van der Waals surface area contributed by atoms with Crippen LogP contribution in [0.4, 0.5) is 0 Å². The van der Waals surface area contributed by atoms with Gasteiger partial charge in [0.1, 0.15) is 12.9 Å². The summed E-state index contributed by atoms with van der Waals surface area (Å²) >= 11 is 0. The maximum atomic E-state index is 4.67. The van der Waals surface area contributed by atoms with Gasteiger partial charge < -0.3 is 0 Å². The van der Waals surface area contributed by atoms with Gasteiger partial charge in [0, 0.05) is 46.8 Å². The second-order valence-corrected chi connectivity index (χ2v) is 9.96. The number of pyridine rings is 1. The summed E-state index contributed by atoms with van der Waals surface area (Å²) in [4.78, 5) is 9.33. The van der Waals surface area contributed by atoms with E-state index in [0.29, 0.717) is 0 Å². The van der Waals surface area contributed by atoms with E-state index >= 15 is 0 Å². The number of rotatable bonds is 3. The van der Waals surface area contributed by atoms with E-state index in [1.165, 1.54) is 44.3 Å².